The first kappa shape index (κ1) is 21.9. The van der Waals surface area contributed by atoms with Crippen LogP contribution in [0.1, 0.15) is 29.3 Å². The zero-order chi connectivity index (χ0) is 24.4. The Morgan fingerprint density at radius 3 is 2.40 bits per heavy atom. The predicted octanol–water partition coefficient (Wildman–Crippen LogP) is 5.78. The molecule has 0 aliphatic heterocycles. The molecule has 0 N–H and O–H groups in total. The largest absolute Gasteiger partial charge is 0.449 e. The quantitative estimate of drug-likeness (QED) is 0.175. The predicted molar refractivity (Wildman–Crippen MR) is 127 cm³/mol. The standard InChI is InChI=1S/C26H18N4O5/c1-16(24-28-29-25(35-24)18-11-13-19(14-12-18)30(32)33)34-26(31)21-15-23(17-7-3-2-4-8-17)27-22-10-6-5-9-20(21)22/h2-16H,1H3. The second-order valence-corrected chi connectivity index (χ2v) is 7.74. The van der Waals surface area contributed by atoms with Gasteiger partial charge in [-0.05, 0) is 31.2 Å². The van der Waals surface area contributed by atoms with Crippen molar-refractivity contribution in [3.05, 3.63) is 106 Å². The molecule has 35 heavy (non-hydrogen) atoms. The molecule has 0 saturated carbocycles. The van der Waals surface area contributed by atoms with E-state index in [2.05, 4.69) is 15.2 Å². The highest BCUT2D eigenvalue weighted by molar-refractivity contribution is 6.04. The molecule has 0 bridgehead atoms. The summed E-state index contributed by atoms with van der Waals surface area (Å²) in [6.45, 7) is 1.63. The third-order valence-corrected chi connectivity index (χ3v) is 5.40. The normalized spacial score (nSPS) is 11.8. The van der Waals surface area contributed by atoms with Gasteiger partial charge in [-0.2, -0.15) is 0 Å². The molecule has 172 valence electrons. The van der Waals surface area contributed by atoms with Gasteiger partial charge in [0.05, 0.1) is 21.7 Å². The van der Waals surface area contributed by atoms with Crippen LogP contribution in [0, 0.1) is 10.1 Å². The van der Waals surface area contributed by atoms with Gasteiger partial charge in [-0.3, -0.25) is 10.1 Å². The lowest BCUT2D eigenvalue weighted by Crippen LogP contribution is -2.11. The Morgan fingerprint density at radius 2 is 1.66 bits per heavy atom. The number of aromatic nitrogens is 3. The molecule has 5 aromatic rings. The summed E-state index contributed by atoms with van der Waals surface area (Å²) in [5.41, 5.74) is 3.05. The van der Waals surface area contributed by atoms with Crippen molar-refractivity contribution in [2.75, 3.05) is 0 Å². The molecule has 0 aliphatic carbocycles. The van der Waals surface area contributed by atoms with Crippen molar-refractivity contribution >= 4 is 22.6 Å². The fourth-order valence-corrected chi connectivity index (χ4v) is 3.62. The van der Waals surface area contributed by atoms with E-state index >= 15 is 0 Å². The average Bonchev–Trinajstić information content (AvgIpc) is 3.39. The number of para-hydroxylation sites is 1. The van der Waals surface area contributed by atoms with Crippen LogP contribution in [0.5, 0.6) is 0 Å². The fourth-order valence-electron chi connectivity index (χ4n) is 3.62. The maximum absolute atomic E-state index is 13.2. The molecule has 3 aromatic carbocycles. The third kappa shape index (κ3) is 4.47. The number of carbonyl (C=O) groups excluding carboxylic acids is 1. The Hall–Kier alpha value is -4.92. The molecule has 0 aliphatic rings. The summed E-state index contributed by atoms with van der Waals surface area (Å²) < 4.78 is 11.3. The molecular formula is C26H18N4O5. The van der Waals surface area contributed by atoms with Crippen LogP contribution in [-0.2, 0) is 4.74 Å². The topological polar surface area (TPSA) is 121 Å². The number of rotatable bonds is 6. The van der Waals surface area contributed by atoms with Crippen LogP contribution in [0.4, 0.5) is 5.69 Å². The second-order valence-electron chi connectivity index (χ2n) is 7.74. The van der Waals surface area contributed by atoms with Gasteiger partial charge in [-0.1, -0.05) is 48.5 Å². The lowest BCUT2D eigenvalue weighted by molar-refractivity contribution is -0.384. The van der Waals surface area contributed by atoms with Crippen LogP contribution >= 0.6 is 0 Å². The minimum atomic E-state index is -0.825. The lowest BCUT2D eigenvalue weighted by atomic mass is 10.0. The van der Waals surface area contributed by atoms with Crippen LogP contribution in [0.2, 0.25) is 0 Å². The summed E-state index contributed by atoms with van der Waals surface area (Å²) in [4.78, 5) is 28.2. The second kappa shape index (κ2) is 9.14. The number of pyridine rings is 1. The zero-order valence-corrected chi connectivity index (χ0v) is 18.5. The van der Waals surface area contributed by atoms with E-state index in [-0.39, 0.29) is 17.5 Å². The number of nitrogens with zero attached hydrogens (tertiary/aromatic N) is 4. The van der Waals surface area contributed by atoms with Crippen molar-refractivity contribution in [2.24, 2.45) is 0 Å². The van der Waals surface area contributed by atoms with Gasteiger partial charge in [0.25, 0.3) is 11.6 Å². The highest BCUT2D eigenvalue weighted by Gasteiger charge is 2.22. The van der Waals surface area contributed by atoms with E-state index in [1.807, 2.05) is 54.6 Å². The Bertz CT molecular complexity index is 1530. The van der Waals surface area contributed by atoms with Gasteiger partial charge in [0.1, 0.15) is 0 Å². The molecule has 2 heterocycles. The van der Waals surface area contributed by atoms with E-state index in [1.165, 1.54) is 24.3 Å². The van der Waals surface area contributed by atoms with Crippen molar-refractivity contribution in [3.8, 4) is 22.7 Å². The van der Waals surface area contributed by atoms with Crippen molar-refractivity contribution < 1.29 is 18.9 Å². The van der Waals surface area contributed by atoms with Gasteiger partial charge in [0.15, 0.2) is 6.10 Å². The lowest BCUT2D eigenvalue weighted by Gasteiger charge is -2.12. The number of hydrogen-bond acceptors (Lipinski definition) is 8. The van der Waals surface area contributed by atoms with E-state index in [4.69, 9.17) is 9.15 Å². The molecule has 0 fully saturated rings. The summed E-state index contributed by atoms with van der Waals surface area (Å²) >= 11 is 0. The van der Waals surface area contributed by atoms with Crippen LogP contribution in [-0.4, -0.2) is 26.1 Å². The molecule has 0 spiro atoms. The minimum absolute atomic E-state index is 0.0461. The minimum Gasteiger partial charge on any atom is -0.449 e. The third-order valence-electron chi connectivity index (χ3n) is 5.40. The molecule has 0 saturated heterocycles. The fraction of sp³-hybridized carbons (Fsp3) is 0.0769. The van der Waals surface area contributed by atoms with E-state index in [1.54, 1.807) is 13.0 Å². The maximum Gasteiger partial charge on any atom is 0.339 e. The van der Waals surface area contributed by atoms with Crippen LogP contribution in [0.15, 0.2) is 89.3 Å². The first-order valence-corrected chi connectivity index (χ1v) is 10.7. The van der Waals surface area contributed by atoms with Crippen LogP contribution in [0.3, 0.4) is 0 Å². The molecule has 5 rings (SSSR count). The molecule has 0 amide bonds. The SMILES string of the molecule is CC(OC(=O)c1cc(-c2ccccc2)nc2ccccc12)c1nnc(-c2ccc([N+](=O)[O-])cc2)o1. The summed E-state index contributed by atoms with van der Waals surface area (Å²) in [5, 5.41) is 19.5. The number of esters is 1. The summed E-state index contributed by atoms with van der Waals surface area (Å²) in [7, 11) is 0. The Labute approximate surface area is 199 Å². The van der Waals surface area contributed by atoms with Gasteiger partial charge in [-0.25, -0.2) is 9.78 Å². The highest BCUT2D eigenvalue weighted by Crippen LogP contribution is 2.28. The van der Waals surface area contributed by atoms with Gasteiger partial charge in [0.2, 0.25) is 5.89 Å². The Balaban J connectivity index is 1.41. The van der Waals surface area contributed by atoms with E-state index in [0.717, 1.165) is 5.56 Å². The number of fused-ring (bicyclic) bond motifs is 1. The van der Waals surface area contributed by atoms with Crippen molar-refractivity contribution in [1.82, 2.24) is 15.2 Å². The Morgan fingerprint density at radius 1 is 0.943 bits per heavy atom. The molecule has 1 unspecified atom stereocenters. The first-order chi connectivity index (χ1) is 17.0. The maximum atomic E-state index is 13.2. The smallest absolute Gasteiger partial charge is 0.339 e. The number of benzene rings is 3. The van der Waals surface area contributed by atoms with Gasteiger partial charge in [-0.15, -0.1) is 10.2 Å². The number of carbonyl (C=O) groups is 1. The summed E-state index contributed by atoms with van der Waals surface area (Å²) in [5.74, 6) is -0.282. The monoisotopic (exact) mass is 466 g/mol. The number of nitro benzene ring substituents is 1. The van der Waals surface area contributed by atoms with E-state index in [9.17, 15) is 14.9 Å². The van der Waals surface area contributed by atoms with Crippen LogP contribution in [0.25, 0.3) is 33.6 Å². The summed E-state index contributed by atoms with van der Waals surface area (Å²) in [6.07, 6.45) is -0.825. The molecule has 1 atom stereocenters. The number of nitro groups is 1. The van der Waals surface area contributed by atoms with Crippen LogP contribution < -0.4 is 0 Å². The van der Waals surface area contributed by atoms with Crippen molar-refractivity contribution in [3.63, 3.8) is 0 Å². The Kier molecular flexibility index (Phi) is 5.72. The zero-order valence-electron chi connectivity index (χ0n) is 18.5. The van der Waals surface area contributed by atoms with E-state index < -0.39 is 17.0 Å². The van der Waals surface area contributed by atoms with E-state index in [0.29, 0.717) is 27.7 Å². The molecule has 0 radical (unpaired) electrons. The van der Waals surface area contributed by atoms with Gasteiger partial charge < -0.3 is 9.15 Å². The number of hydrogen-bond donors (Lipinski definition) is 0. The average molecular weight is 466 g/mol. The summed E-state index contributed by atoms with van der Waals surface area (Å²) in [6, 6.07) is 24.4. The molecular weight excluding hydrogens is 448 g/mol. The number of non-ortho nitro benzene ring substituents is 1. The first-order valence-electron chi connectivity index (χ1n) is 10.7. The van der Waals surface area contributed by atoms with Crippen molar-refractivity contribution in [1.29, 1.82) is 0 Å². The molecule has 9 nitrogen and oxygen atoms in total. The molecule has 2 aromatic heterocycles. The van der Waals surface area contributed by atoms with Gasteiger partial charge >= 0.3 is 5.97 Å². The van der Waals surface area contributed by atoms with Crippen molar-refractivity contribution in [2.45, 2.75) is 13.0 Å². The number of ether oxygens (including phenoxy) is 1. The molecule has 9 heteroatoms. The van der Waals surface area contributed by atoms with Gasteiger partial charge in [0, 0.05) is 28.6 Å². The highest BCUT2D eigenvalue weighted by atomic mass is 16.6.